The molecule has 0 aliphatic heterocycles. The molecule has 0 heterocycles. The number of carbonyl (C=O) groups is 2. The molecule has 26 heavy (non-hydrogen) atoms. The van der Waals surface area contributed by atoms with E-state index in [1.807, 2.05) is 36.4 Å². The number of hydrogen-bond acceptors (Lipinski definition) is 3. The molecule has 1 aromatic rings. The Balaban J connectivity index is 0.000000642. The Hall–Kier alpha value is -2.82. The van der Waals surface area contributed by atoms with E-state index in [-0.39, 0.29) is 11.5 Å². The highest BCUT2D eigenvalue weighted by Crippen LogP contribution is 2.20. The number of nitrogens with one attached hydrogen (secondary N) is 1. The molecule has 0 aliphatic rings. The summed E-state index contributed by atoms with van der Waals surface area (Å²) in [5.74, 6) is -2.04. The predicted molar refractivity (Wildman–Crippen MR) is 106 cm³/mol. The largest absolute Gasteiger partial charge is 0.478 e. The summed E-state index contributed by atoms with van der Waals surface area (Å²) in [7, 11) is 0. The number of carboxylic acids is 2. The van der Waals surface area contributed by atoms with Gasteiger partial charge in [0.05, 0.1) is 0 Å². The molecule has 0 fully saturated rings. The molecular weight excluding hydrogens is 330 g/mol. The van der Waals surface area contributed by atoms with Crippen molar-refractivity contribution in [3.05, 3.63) is 66.9 Å². The molecule has 142 valence electrons. The lowest BCUT2D eigenvalue weighted by Crippen LogP contribution is -2.18. The highest BCUT2D eigenvalue weighted by Gasteiger charge is 2.17. The minimum absolute atomic E-state index is 0.0619. The van der Waals surface area contributed by atoms with Crippen molar-refractivity contribution in [3.63, 3.8) is 0 Å². The Bertz CT molecular complexity index is 593. The minimum atomic E-state index is -1.01. The van der Waals surface area contributed by atoms with Crippen molar-refractivity contribution in [1.82, 2.24) is 5.32 Å². The van der Waals surface area contributed by atoms with Gasteiger partial charge in [-0.05, 0) is 24.3 Å². The van der Waals surface area contributed by atoms with Crippen LogP contribution >= 0.6 is 0 Å². The van der Waals surface area contributed by atoms with Gasteiger partial charge in [0, 0.05) is 24.4 Å². The van der Waals surface area contributed by atoms with Gasteiger partial charge >= 0.3 is 11.9 Å². The van der Waals surface area contributed by atoms with Crippen LogP contribution in [0.4, 0.5) is 0 Å². The van der Waals surface area contributed by atoms with E-state index < -0.39 is 11.9 Å². The molecule has 1 unspecified atom stereocenters. The second-order valence-corrected chi connectivity index (χ2v) is 5.70. The van der Waals surface area contributed by atoms with Crippen molar-refractivity contribution in [2.45, 2.75) is 32.6 Å². The standard InChI is InChI=1S/C13H21NO4.C8H8/c1-3-4-5-11(10(2)13(17)18)6-8-14-9-7-12(15)16;1-2-8-6-4-3-5-7-8/h7,9,11,14H,2-6,8H2,1H3,(H,15,16)(H,17,18);2-7H,1H2. The molecular formula is C21H29NO4. The summed E-state index contributed by atoms with van der Waals surface area (Å²) >= 11 is 0. The monoisotopic (exact) mass is 359 g/mol. The zero-order chi connectivity index (χ0) is 19.8. The molecule has 0 saturated heterocycles. The van der Waals surface area contributed by atoms with Crippen LogP contribution in [0.2, 0.25) is 0 Å². The van der Waals surface area contributed by atoms with Crippen LogP contribution < -0.4 is 5.32 Å². The van der Waals surface area contributed by atoms with Gasteiger partial charge < -0.3 is 15.5 Å². The quantitative estimate of drug-likeness (QED) is 0.404. The van der Waals surface area contributed by atoms with Crippen molar-refractivity contribution in [1.29, 1.82) is 0 Å². The van der Waals surface area contributed by atoms with E-state index in [2.05, 4.69) is 25.4 Å². The topological polar surface area (TPSA) is 86.6 Å². The van der Waals surface area contributed by atoms with E-state index in [1.54, 1.807) is 0 Å². The SMILES string of the molecule is C=C(C(=O)O)C(CCCC)CCNC=CC(=O)O.C=Cc1ccccc1. The van der Waals surface area contributed by atoms with Crippen molar-refractivity contribution in [2.75, 3.05) is 6.54 Å². The number of rotatable bonds is 11. The molecule has 3 N–H and O–H groups in total. The van der Waals surface area contributed by atoms with Gasteiger partial charge in [-0.25, -0.2) is 9.59 Å². The summed E-state index contributed by atoms with van der Waals surface area (Å²) in [5, 5.41) is 20.1. The van der Waals surface area contributed by atoms with E-state index in [0.29, 0.717) is 13.0 Å². The number of benzene rings is 1. The highest BCUT2D eigenvalue weighted by molar-refractivity contribution is 5.86. The molecule has 0 bridgehead atoms. The van der Waals surface area contributed by atoms with E-state index >= 15 is 0 Å². The molecule has 1 atom stereocenters. The second-order valence-electron chi connectivity index (χ2n) is 5.70. The average molecular weight is 359 g/mol. The fourth-order valence-corrected chi connectivity index (χ4v) is 2.18. The van der Waals surface area contributed by atoms with Crippen LogP contribution in [0.3, 0.4) is 0 Å². The second kappa shape index (κ2) is 14.5. The zero-order valence-electron chi connectivity index (χ0n) is 15.4. The van der Waals surface area contributed by atoms with Crippen molar-refractivity contribution < 1.29 is 19.8 Å². The summed E-state index contributed by atoms with van der Waals surface area (Å²) in [4.78, 5) is 21.1. The van der Waals surface area contributed by atoms with Gasteiger partial charge in [-0.2, -0.15) is 0 Å². The first-order valence-corrected chi connectivity index (χ1v) is 8.64. The Labute approximate surface area is 155 Å². The molecule has 1 aromatic carbocycles. The molecule has 0 aliphatic carbocycles. The van der Waals surface area contributed by atoms with Gasteiger partial charge in [-0.3, -0.25) is 0 Å². The van der Waals surface area contributed by atoms with Crippen LogP contribution in [0.5, 0.6) is 0 Å². The maximum absolute atomic E-state index is 10.9. The van der Waals surface area contributed by atoms with Crippen LogP contribution in [0.25, 0.3) is 6.08 Å². The molecule has 1 rings (SSSR count). The molecule has 0 radical (unpaired) electrons. The van der Waals surface area contributed by atoms with Crippen molar-refractivity contribution in [3.8, 4) is 0 Å². The summed E-state index contributed by atoms with van der Waals surface area (Å²) in [5.41, 5.74) is 1.40. The molecule has 5 nitrogen and oxygen atoms in total. The van der Waals surface area contributed by atoms with Crippen LogP contribution in [0.1, 0.15) is 38.2 Å². The van der Waals surface area contributed by atoms with Gasteiger partial charge in [0.2, 0.25) is 0 Å². The summed E-state index contributed by atoms with van der Waals surface area (Å²) in [6.07, 6.45) is 7.59. The number of hydrogen-bond donors (Lipinski definition) is 3. The minimum Gasteiger partial charge on any atom is -0.478 e. The lowest BCUT2D eigenvalue weighted by atomic mass is 9.91. The van der Waals surface area contributed by atoms with Gasteiger partial charge in [-0.1, -0.05) is 69.3 Å². The molecule has 0 amide bonds. The molecule has 5 heteroatoms. The van der Waals surface area contributed by atoms with Crippen LogP contribution in [0.15, 0.2) is 61.3 Å². The third kappa shape index (κ3) is 11.7. The van der Waals surface area contributed by atoms with Crippen LogP contribution in [0, 0.1) is 5.92 Å². The van der Waals surface area contributed by atoms with E-state index in [0.717, 1.165) is 25.3 Å². The lowest BCUT2D eigenvalue weighted by molar-refractivity contribution is -0.133. The van der Waals surface area contributed by atoms with Gasteiger partial charge in [0.15, 0.2) is 0 Å². The fourth-order valence-electron chi connectivity index (χ4n) is 2.18. The molecule has 0 saturated carbocycles. The number of unbranched alkanes of at least 4 members (excludes halogenated alkanes) is 1. The lowest BCUT2D eigenvalue weighted by Gasteiger charge is -2.16. The van der Waals surface area contributed by atoms with Crippen LogP contribution in [-0.2, 0) is 9.59 Å². The van der Waals surface area contributed by atoms with Crippen molar-refractivity contribution in [2.24, 2.45) is 5.92 Å². The van der Waals surface area contributed by atoms with Gasteiger partial charge in [0.1, 0.15) is 0 Å². The highest BCUT2D eigenvalue weighted by atomic mass is 16.4. The maximum atomic E-state index is 10.9. The number of carboxylic acid groups (broad SMARTS) is 2. The summed E-state index contributed by atoms with van der Waals surface area (Å²) in [6.45, 7) is 9.81. The first kappa shape index (κ1) is 23.2. The predicted octanol–water partition coefficient (Wildman–Crippen LogP) is 4.34. The van der Waals surface area contributed by atoms with Crippen LogP contribution in [-0.4, -0.2) is 28.7 Å². The van der Waals surface area contributed by atoms with E-state index in [9.17, 15) is 9.59 Å². The first-order valence-electron chi connectivity index (χ1n) is 8.64. The van der Waals surface area contributed by atoms with Gasteiger partial charge in [-0.15, -0.1) is 0 Å². The molecule has 0 aromatic heterocycles. The molecule has 0 spiro atoms. The summed E-state index contributed by atoms with van der Waals surface area (Å²) in [6, 6.07) is 10.0. The smallest absolute Gasteiger partial charge is 0.331 e. The Morgan fingerprint density at radius 1 is 1.19 bits per heavy atom. The Morgan fingerprint density at radius 2 is 1.85 bits per heavy atom. The fraction of sp³-hybridized carbons (Fsp3) is 0.333. The Morgan fingerprint density at radius 3 is 2.31 bits per heavy atom. The Kier molecular flexibility index (Phi) is 12.9. The maximum Gasteiger partial charge on any atom is 0.331 e. The normalized spacial score (nSPS) is 11.1. The van der Waals surface area contributed by atoms with E-state index in [4.69, 9.17) is 10.2 Å². The third-order valence-electron chi connectivity index (χ3n) is 3.69. The third-order valence-corrected chi connectivity index (χ3v) is 3.69. The van der Waals surface area contributed by atoms with Gasteiger partial charge in [0.25, 0.3) is 0 Å². The van der Waals surface area contributed by atoms with Crippen molar-refractivity contribution >= 4 is 18.0 Å². The average Bonchev–Trinajstić information content (AvgIpc) is 2.64. The number of aliphatic carboxylic acids is 2. The zero-order valence-corrected chi connectivity index (χ0v) is 15.4. The van der Waals surface area contributed by atoms with E-state index in [1.165, 1.54) is 11.8 Å². The summed E-state index contributed by atoms with van der Waals surface area (Å²) < 4.78 is 0. The first-order chi connectivity index (χ1) is 12.4.